The first-order valence-corrected chi connectivity index (χ1v) is 13.2. The number of carbonyl (C=O) groups excluding carboxylic acids is 2. The number of hydrogen-bond donors (Lipinski definition) is 2. The van der Waals surface area contributed by atoms with Crippen molar-refractivity contribution in [2.45, 2.75) is 70.1 Å². The van der Waals surface area contributed by atoms with Gasteiger partial charge in [0.2, 0.25) is 11.8 Å². The number of aromatic nitrogens is 6. The summed E-state index contributed by atoms with van der Waals surface area (Å²) in [4.78, 5) is 34.1. The standard InChI is InChI=1S/C25H29F5N8O2/c1-2-37-19(5-8-33-37)22(40)35-20(14-3-6-24(26,27)7-4-14)18-13-38-23(34-18)32-12-17(36-38)10-15-9-16(25(28,29)30)11-31-21(15)39/h5,8,12-16,20H,2-4,6-7,9-11H2,1H3,(H,31,39)(H,35,40)/t15?,16-,20-/m0/s1. The highest BCUT2D eigenvalue weighted by Gasteiger charge is 2.45. The van der Waals surface area contributed by atoms with Gasteiger partial charge in [-0.3, -0.25) is 14.3 Å². The molecule has 1 aliphatic carbocycles. The second kappa shape index (κ2) is 10.7. The third-order valence-electron chi connectivity index (χ3n) is 7.72. The van der Waals surface area contributed by atoms with Crippen LogP contribution in [0.4, 0.5) is 22.0 Å². The van der Waals surface area contributed by atoms with Crippen molar-refractivity contribution in [3.8, 4) is 0 Å². The maximum absolute atomic E-state index is 13.9. The van der Waals surface area contributed by atoms with Crippen LogP contribution in [-0.4, -0.2) is 59.8 Å². The van der Waals surface area contributed by atoms with E-state index in [1.807, 2.05) is 6.92 Å². The lowest BCUT2D eigenvalue weighted by Gasteiger charge is -2.33. The van der Waals surface area contributed by atoms with E-state index in [4.69, 9.17) is 0 Å². The van der Waals surface area contributed by atoms with Crippen LogP contribution in [0.2, 0.25) is 0 Å². The monoisotopic (exact) mass is 568 g/mol. The van der Waals surface area contributed by atoms with Crippen molar-refractivity contribution < 1.29 is 31.5 Å². The summed E-state index contributed by atoms with van der Waals surface area (Å²) in [6.07, 6.45) is -0.723. The Morgan fingerprint density at radius 3 is 2.73 bits per heavy atom. The molecule has 0 spiro atoms. The summed E-state index contributed by atoms with van der Waals surface area (Å²) < 4.78 is 70.3. The average molecular weight is 569 g/mol. The van der Waals surface area contributed by atoms with Gasteiger partial charge in [-0.25, -0.2) is 23.3 Å². The predicted octanol–water partition coefficient (Wildman–Crippen LogP) is 3.49. The number of hydrogen-bond acceptors (Lipinski definition) is 6. The Bertz CT molecular complexity index is 1380. The molecule has 10 nitrogen and oxygen atoms in total. The van der Waals surface area contributed by atoms with Crippen molar-refractivity contribution >= 4 is 17.6 Å². The van der Waals surface area contributed by atoms with E-state index in [0.29, 0.717) is 23.6 Å². The Labute approximate surface area is 225 Å². The molecule has 2 fully saturated rings. The quantitative estimate of drug-likeness (QED) is 0.422. The first kappa shape index (κ1) is 27.9. The van der Waals surface area contributed by atoms with Gasteiger partial charge in [0, 0.05) is 44.5 Å². The number of piperidine rings is 1. The molecule has 4 heterocycles. The maximum Gasteiger partial charge on any atom is 0.393 e. The average Bonchev–Trinajstić information content (AvgIpc) is 3.55. The smallest absolute Gasteiger partial charge is 0.355 e. The zero-order valence-electron chi connectivity index (χ0n) is 21.7. The van der Waals surface area contributed by atoms with E-state index in [0.717, 1.165) is 0 Å². The summed E-state index contributed by atoms with van der Waals surface area (Å²) in [5, 5.41) is 13.8. The normalized spacial score (nSPS) is 22.7. The van der Waals surface area contributed by atoms with E-state index in [9.17, 15) is 31.5 Å². The molecule has 1 unspecified atom stereocenters. The fourth-order valence-electron chi connectivity index (χ4n) is 5.48. The van der Waals surface area contributed by atoms with Gasteiger partial charge in [0.25, 0.3) is 11.7 Å². The van der Waals surface area contributed by atoms with Crippen molar-refractivity contribution in [2.24, 2.45) is 17.8 Å². The van der Waals surface area contributed by atoms with Gasteiger partial charge in [0.05, 0.1) is 35.7 Å². The summed E-state index contributed by atoms with van der Waals surface area (Å²) in [6, 6.07) is 0.849. The van der Waals surface area contributed by atoms with Crippen molar-refractivity contribution in [1.29, 1.82) is 0 Å². The Morgan fingerprint density at radius 2 is 2.02 bits per heavy atom. The number of nitrogens with one attached hydrogen (secondary N) is 2. The fraction of sp³-hybridized carbons (Fsp3) is 0.600. The topological polar surface area (TPSA) is 119 Å². The number of carbonyl (C=O) groups is 2. The number of fused-ring (bicyclic) bond motifs is 1. The molecular formula is C25H29F5N8O2. The number of nitrogens with zero attached hydrogens (tertiary/aromatic N) is 6. The molecule has 1 saturated heterocycles. The first-order chi connectivity index (χ1) is 18.9. The third-order valence-corrected chi connectivity index (χ3v) is 7.72. The van der Waals surface area contributed by atoms with Crippen LogP contribution in [0.1, 0.15) is 66.9 Å². The molecule has 2 N–H and O–H groups in total. The van der Waals surface area contributed by atoms with Crippen LogP contribution in [-0.2, 0) is 17.8 Å². The minimum Gasteiger partial charge on any atom is -0.355 e. The van der Waals surface area contributed by atoms with Gasteiger partial charge in [0.15, 0.2) is 0 Å². The minimum absolute atomic E-state index is 0.0479. The van der Waals surface area contributed by atoms with Crippen LogP contribution >= 0.6 is 0 Å². The lowest BCUT2D eigenvalue weighted by molar-refractivity contribution is -0.183. The third kappa shape index (κ3) is 5.92. The van der Waals surface area contributed by atoms with Crippen molar-refractivity contribution in [2.75, 3.05) is 6.54 Å². The molecular weight excluding hydrogens is 539 g/mol. The van der Waals surface area contributed by atoms with E-state index >= 15 is 0 Å². The Hall–Kier alpha value is -3.65. The van der Waals surface area contributed by atoms with Crippen LogP contribution in [0.25, 0.3) is 5.78 Å². The minimum atomic E-state index is -4.42. The van der Waals surface area contributed by atoms with Crippen LogP contribution in [0.3, 0.4) is 0 Å². The zero-order valence-corrected chi connectivity index (χ0v) is 21.7. The molecule has 5 rings (SSSR count). The molecule has 2 aliphatic rings. The van der Waals surface area contributed by atoms with E-state index in [-0.39, 0.29) is 50.2 Å². The van der Waals surface area contributed by atoms with Crippen LogP contribution in [0.15, 0.2) is 24.7 Å². The predicted molar refractivity (Wildman–Crippen MR) is 130 cm³/mol. The van der Waals surface area contributed by atoms with Gasteiger partial charge in [-0.05, 0) is 38.2 Å². The maximum atomic E-state index is 13.9. The second-order valence-corrected chi connectivity index (χ2v) is 10.5. The molecule has 3 aromatic rings. The number of aryl methyl sites for hydroxylation is 1. The number of rotatable bonds is 7. The molecule has 3 aromatic heterocycles. The van der Waals surface area contributed by atoms with E-state index in [1.54, 1.807) is 6.07 Å². The molecule has 0 aromatic carbocycles. The van der Waals surface area contributed by atoms with Crippen molar-refractivity contribution in [3.63, 3.8) is 0 Å². The first-order valence-electron chi connectivity index (χ1n) is 13.2. The van der Waals surface area contributed by atoms with Crippen LogP contribution < -0.4 is 10.6 Å². The molecule has 1 saturated carbocycles. The number of alkyl halides is 5. The fourth-order valence-corrected chi connectivity index (χ4v) is 5.48. The molecule has 216 valence electrons. The molecule has 0 bridgehead atoms. The summed E-state index contributed by atoms with van der Waals surface area (Å²) in [6.45, 7) is 1.85. The summed E-state index contributed by atoms with van der Waals surface area (Å²) in [5.74, 6) is -6.38. The summed E-state index contributed by atoms with van der Waals surface area (Å²) in [7, 11) is 0. The van der Waals surface area contributed by atoms with E-state index in [1.165, 1.54) is 27.8 Å². The number of imidazole rings is 1. The largest absolute Gasteiger partial charge is 0.393 e. The van der Waals surface area contributed by atoms with E-state index in [2.05, 4.69) is 30.8 Å². The highest BCUT2D eigenvalue weighted by Crippen LogP contribution is 2.41. The molecule has 40 heavy (non-hydrogen) atoms. The molecule has 3 atom stereocenters. The van der Waals surface area contributed by atoms with Gasteiger partial charge in [0.1, 0.15) is 5.69 Å². The molecule has 1 aliphatic heterocycles. The summed E-state index contributed by atoms with van der Waals surface area (Å²) >= 11 is 0. The Kier molecular flexibility index (Phi) is 7.48. The van der Waals surface area contributed by atoms with Gasteiger partial charge in [-0.2, -0.15) is 23.4 Å². The highest BCUT2D eigenvalue weighted by molar-refractivity contribution is 5.92. The van der Waals surface area contributed by atoms with Crippen LogP contribution in [0, 0.1) is 17.8 Å². The Morgan fingerprint density at radius 1 is 1.27 bits per heavy atom. The number of halogens is 5. The Balaban J connectivity index is 1.39. The van der Waals surface area contributed by atoms with Crippen molar-refractivity contribution in [1.82, 2.24) is 40.0 Å². The molecule has 0 radical (unpaired) electrons. The lowest BCUT2D eigenvalue weighted by Crippen LogP contribution is -2.47. The number of amides is 2. The van der Waals surface area contributed by atoms with Crippen LogP contribution in [0.5, 0.6) is 0 Å². The van der Waals surface area contributed by atoms with Gasteiger partial charge >= 0.3 is 6.18 Å². The van der Waals surface area contributed by atoms with Gasteiger partial charge < -0.3 is 10.6 Å². The van der Waals surface area contributed by atoms with E-state index < -0.39 is 48.3 Å². The second-order valence-electron chi connectivity index (χ2n) is 10.5. The molecule has 15 heteroatoms. The van der Waals surface area contributed by atoms with Crippen molar-refractivity contribution in [3.05, 3.63) is 41.7 Å². The highest BCUT2D eigenvalue weighted by atomic mass is 19.4. The van der Waals surface area contributed by atoms with Gasteiger partial charge in [-0.15, -0.1) is 0 Å². The van der Waals surface area contributed by atoms with Gasteiger partial charge in [-0.1, -0.05) is 0 Å². The summed E-state index contributed by atoms with van der Waals surface area (Å²) in [5.41, 5.74) is 0.985. The molecule has 2 amide bonds. The SMILES string of the molecule is CCn1nccc1C(=O)N[C@H](c1cn2nc(CC3C[C@H](C(F)(F)F)CNC3=O)cnc2n1)C1CCC(F)(F)CC1. The zero-order chi connectivity index (χ0) is 28.7. The lowest BCUT2D eigenvalue weighted by atomic mass is 9.81.